The van der Waals surface area contributed by atoms with E-state index in [1.807, 2.05) is 26.3 Å². The van der Waals surface area contributed by atoms with E-state index in [1.165, 1.54) is 0 Å². The van der Waals surface area contributed by atoms with E-state index < -0.39 is 11.1 Å². The van der Waals surface area contributed by atoms with Crippen LogP contribution >= 0.6 is 0 Å². The molecular formula is C9H15NO2S. The number of quaternary nitrogens is 1. The Morgan fingerprint density at radius 2 is 1.62 bits per heavy atom. The summed E-state index contributed by atoms with van der Waals surface area (Å²) in [4.78, 5) is 0.339. The van der Waals surface area contributed by atoms with E-state index in [2.05, 4.69) is 0 Å². The topological polar surface area (TPSA) is 56.7 Å². The fraction of sp³-hybridized carbons (Fsp3) is 0.333. The summed E-state index contributed by atoms with van der Waals surface area (Å²) in [6, 6.07) is 6.70. The van der Waals surface area contributed by atoms with Crippen LogP contribution in [0, 0.1) is 6.92 Å². The van der Waals surface area contributed by atoms with Gasteiger partial charge in [-0.05, 0) is 30.1 Å². The second kappa shape index (κ2) is 6.77. The zero-order valence-corrected chi connectivity index (χ0v) is 8.93. The fourth-order valence-electron chi connectivity index (χ4n) is 0.649. The first kappa shape index (κ1) is 12.3. The van der Waals surface area contributed by atoms with Gasteiger partial charge in [-0.3, -0.25) is 4.21 Å². The summed E-state index contributed by atoms with van der Waals surface area (Å²) in [5, 5.41) is 2.00. The van der Waals surface area contributed by atoms with Gasteiger partial charge in [0.2, 0.25) is 0 Å². The Morgan fingerprint density at radius 1 is 1.23 bits per heavy atom. The van der Waals surface area contributed by atoms with Crippen LogP contribution in [0.3, 0.4) is 0 Å². The Hall–Kier alpha value is -0.710. The SMILES string of the molecule is C[NH2+]C.Cc1ccc(S(=O)[O-])cc1. The van der Waals surface area contributed by atoms with Crippen molar-refractivity contribution in [3.8, 4) is 0 Å². The smallest absolute Gasteiger partial charge is 0.0647 e. The molecule has 0 aromatic heterocycles. The van der Waals surface area contributed by atoms with Crippen molar-refractivity contribution >= 4 is 11.1 Å². The van der Waals surface area contributed by atoms with Crippen LogP contribution in [0.5, 0.6) is 0 Å². The highest BCUT2D eigenvalue weighted by Crippen LogP contribution is 2.05. The molecule has 0 spiro atoms. The van der Waals surface area contributed by atoms with Gasteiger partial charge < -0.3 is 9.87 Å². The van der Waals surface area contributed by atoms with Crippen LogP contribution < -0.4 is 5.32 Å². The molecule has 0 bridgehead atoms. The monoisotopic (exact) mass is 201 g/mol. The molecule has 74 valence electrons. The first-order valence-corrected chi connectivity index (χ1v) is 5.09. The molecule has 1 unspecified atom stereocenters. The van der Waals surface area contributed by atoms with Gasteiger partial charge in [0.25, 0.3) is 0 Å². The van der Waals surface area contributed by atoms with Crippen molar-refractivity contribution in [1.29, 1.82) is 0 Å². The number of aryl methyl sites for hydroxylation is 1. The summed E-state index contributed by atoms with van der Waals surface area (Å²) < 4.78 is 20.6. The zero-order chi connectivity index (χ0) is 10.3. The highest BCUT2D eigenvalue weighted by molar-refractivity contribution is 7.79. The normalized spacial score (nSPS) is 11.4. The van der Waals surface area contributed by atoms with E-state index in [-0.39, 0.29) is 0 Å². The first-order valence-electron chi connectivity index (χ1n) is 4.01. The van der Waals surface area contributed by atoms with Crippen LogP contribution in [0.15, 0.2) is 29.2 Å². The van der Waals surface area contributed by atoms with Crippen LogP contribution in [0.4, 0.5) is 0 Å². The lowest BCUT2D eigenvalue weighted by atomic mass is 10.2. The average molecular weight is 201 g/mol. The summed E-state index contributed by atoms with van der Waals surface area (Å²) in [6.45, 7) is 1.91. The summed E-state index contributed by atoms with van der Waals surface area (Å²) in [6.07, 6.45) is 0. The third kappa shape index (κ3) is 5.52. The largest absolute Gasteiger partial charge is 0.768 e. The highest BCUT2D eigenvalue weighted by Gasteiger charge is 1.88. The van der Waals surface area contributed by atoms with Gasteiger partial charge in [0.1, 0.15) is 0 Å². The van der Waals surface area contributed by atoms with Crippen LogP contribution in [0.1, 0.15) is 5.56 Å². The Bertz CT molecular complexity index is 259. The fourth-order valence-corrected chi connectivity index (χ4v) is 1.01. The maximum Gasteiger partial charge on any atom is 0.0647 e. The molecule has 0 saturated heterocycles. The minimum Gasteiger partial charge on any atom is -0.768 e. The molecule has 0 aliphatic rings. The number of rotatable bonds is 1. The number of hydrogen-bond acceptors (Lipinski definition) is 2. The van der Waals surface area contributed by atoms with Gasteiger partial charge in [0.15, 0.2) is 0 Å². The maximum atomic E-state index is 10.3. The highest BCUT2D eigenvalue weighted by atomic mass is 32.2. The minimum absolute atomic E-state index is 0.339. The summed E-state index contributed by atoms with van der Waals surface area (Å²) in [5.41, 5.74) is 1.06. The molecule has 4 heteroatoms. The van der Waals surface area contributed by atoms with Gasteiger partial charge in [-0.1, -0.05) is 17.7 Å². The van der Waals surface area contributed by atoms with Crippen molar-refractivity contribution in [1.82, 2.24) is 0 Å². The quantitative estimate of drug-likeness (QED) is 0.652. The molecule has 1 aromatic carbocycles. The van der Waals surface area contributed by atoms with Gasteiger partial charge >= 0.3 is 0 Å². The third-order valence-corrected chi connectivity index (χ3v) is 1.87. The summed E-state index contributed by atoms with van der Waals surface area (Å²) >= 11 is -2.09. The molecule has 13 heavy (non-hydrogen) atoms. The lowest BCUT2D eigenvalue weighted by molar-refractivity contribution is -0.597. The Labute approximate surface area is 81.5 Å². The molecular weight excluding hydrogens is 186 g/mol. The summed E-state index contributed by atoms with van der Waals surface area (Å²) in [7, 11) is 4.00. The lowest BCUT2D eigenvalue weighted by Gasteiger charge is -2.03. The second-order valence-corrected chi connectivity index (χ2v) is 3.57. The molecule has 0 aliphatic carbocycles. The van der Waals surface area contributed by atoms with Gasteiger partial charge in [0, 0.05) is 4.90 Å². The van der Waals surface area contributed by atoms with Crippen molar-refractivity contribution in [2.24, 2.45) is 0 Å². The molecule has 1 atom stereocenters. The Balaban J connectivity index is 0.000000424. The number of benzene rings is 1. The second-order valence-electron chi connectivity index (χ2n) is 2.63. The summed E-state index contributed by atoms with van der Waals surface area (Å²) in [5.74, 6) is 0. The van der Waals surface area contributed by atoms with E-state index in [0.29, 0.717) is 4.90 Å². The van der Waals surface area contributed by atoms with E-state index in [1.54, 1.807) is 24.3 Å². The van der Waals surface area contributed by atoms with Crippen LogP contribution in [0.25, 0.3) is 0 Å². The van der Waals surface area contributed by atoms with E-state index >= 15 is 0 Å². The molecule has 0 heterocycles. The average Bonchev–Trinajstić information content (AvgIpc) is 2.06. The molecule has 1 rings (SSSR count). The first-order chi connectivity index (χ1) is 6.11. The van der Waals surface area contributed by atoms with Crippen molar-refractivity contribution in [3.63, 3.8) is 0 Å². The molecule has 2 N–H and O–H groups in total. The van der Waals surface area contributed by atoms with E-state index in [4.69, 9.17) is 0 Å². The molecule has 3 nitrogen and oxygen atoms in total. The predicted octanol–water partition coefficient (Wildman–Crippen LogP) is 0.0424. The Kier molecular flexibility index (Phi) is 6.40. The maximum absolute atomic E-state index is 10.3. The van der Waals surface area contributed by atoms with Gasteiger partial charge in [0.05, 0.1) is 14.1 Å². The molecule has 0 aliphatic heterocycles. The molecule has 0 saturated carbocycles. The molecule has 0 radical (unpaired) electrons. The van der Waals surface area contributed by atoms with Crippen molar-refractivity contribution in [3.05, 3.63) is 29.8 Å². The van der Waals surface area contributed by atoms with Gasteiger partial charge in [-0.25, -0.2) is 0 Å². The standard InChI is InChI=1S/C7H8O2S.C2H7N/c1-6-2-4-7(5-3-6)10(8)9;1-3-2/h2-5H,1H3,(H,8,9);3H,1-2H3. The van der Waals surface area contributed by atoms with Crippen LogP contribution in [0.2, 0.25) is 0 Å². The lowest BCUT2D eigenvalue weighted by Crippen LogP contribution is -2.74. The van der Waals surface area contributed by atoms with E-state index in [9.17, 15) is 8.76 Å². The van der Waals surface area contributed by atoms with Crippen molar-refractivity contribution in [2.75, 3.05) is 14.1 Å². The van der Waals surface area contributed by atoms with Gasteiger partial charge in [-0.15, -0.1) is 0 Å². The number of hydrogen-bond donors (Lipinski definition) is 1. The minimum atomic E-state index is -2.09. The molecule has 0 fully saturated rings. The predicted molar refractivity (Wildman–Crippen MR) is 52.1 cm³/mol. The van der Waals surface area contributed by atoms with Gasteiger partial charge in [-0.2, -0.15) is 0 Å². The third-order valence-electron chi connectivity index (χ3n) is 1.21. The molecule has 0 amide bonds. The Morgan fingerprint density at radius 3 is 1.92 bits per heavy atom. The van der Waals surface area contributed by atoms with Crippen molar-refractivity contribution < 1.29 is 14.1 Å². The van der Waals surface area contributed by atoms with Crippen LogP contribution in [-0.2, 0) is 11.1 Å². The molecule has 1 aromatic rings. The zero-order valence-electron chi connectivity index (χ0n) is 8.11. The van der Waals surface area contributed by atoms with E-state index in [0.717, 1.165) is 5.56 Å². The van der Waals surface area contributed by atoms with Crippen LogP contribution in [-0.4, -0.2) is 22.9 Å². The van der Waals surface area contributed by atoms with Crippen molar-refractivity contribution in [2.45, 2.75) is 11.8 Å². The number of nitrogens with two attached hydrogens (primary N) is 1.